The third kappa shape index (κ3) is 3.57. The first kappa shape index (κ1) is 15.5. The Morgan fingerprint density at radius 2 is 1.71 bits per heavy atom. The van der Waals surface area contributed by atoms with Gasteiger partial charge in [0.2, 0.25) is 11.8 Å². The van der Waals surface area contributed by atoms with Crippen LogP contribution in [0.1, 0.15) is 24.3 Å². The number of aromatic nitrogens is 2. The summed E-state index contributed by atoms with van der Waals surface area (Å²) in [5, 5.41) is 8.46. The lowest BCUT2D eigenvalue weighted by atomic mass is 10.2. The van der Waals surface area contributed by atoms with Crippen molar-refractivity contribution in [3.8, 4) is 11.5 Å². The molecule has 1 aliphatic rings. The van der Waals surface area contributed by atoms with Crippen LogP contribution in [0.15, 0.2) is 63.5 Å². The van der Waals surface area contributed by atoms with Crippen LogP contribution in [-0.4, -0.2) is 21.1 Å². The van der Waals surface area contributed by atoms with Crippen molar-refractivity contribution < 1.29 is 4.42 Å². The minimum Gasteiger partial charge on any atom is -0.419 e. The van der Waals surface area contributed by atoms with Gasteiger partial charge in [-0.05, 0) is 46.5 Å². The maximum atomic E-state index is 5.90. The van der Waals surface area contributed by atoms with Crippen LogP contribution in [0.4, 0.5) is 0 Å². The maximum Gasteiger partial charge on any atom is 0.248 e. The van der Waals surface area contributed by atoms with Gasteiger partial charge in [0.05, 0.1) is 12.1 Å². The molecule has 0 unspecified atom stereocenters. The summed E-state index contributed by atoms with van der Waals surface area (Å²) in [5.74, 6) is 1.23. The Hall–Kier alpha value is -1.98. The largest absolute Gasteiger partial charge is 0.419 e. The summed E-state index contributed by atoms with van der Waals surface area (Å²) in [6, 6.07) is 19.1. The fourth-order valence-electron chi connectivity index (χ4n) is 2.81. The number of nitrogens with zero attached hydrogens (tertiary/aromatic N) is 3. The Morgan fingerprint density at radius 1 is 0.958 bits per heavy atom. The van der Waals surface area contributed by atoms with E-state index in [1.54, 1.807) is 0 Å². The molecule has 3 aromatic rings. The molecule has 0 amide bonds. The molecule has 0 radical (unpaired) electrons. The summed E-state index contributed by atoms with van der Waals surface area (Å²) in [6.45, 7) is 1.61. The smallest absolute Gasteiger partial charge is 0.248 e. The lowest BCUT2D eigenvalue weighted by molar-refractivity contribution is 0.221. The second kappa shape index (κ2) is 6.87. The molecule has 24 heavy (non-hydrogen) atoms. The summed E-state index contributed by atoms with van der Waals surface area (Å²) in [6.07, 6.45) is 2.50. The fraction of sp³-hybridized carbons (Fsp3) is 0.263. The van der Waals surface area contributed by atoms with E-state index < -0.39 is 0 Å². The van der Waals surface area contributed by atoms with Gasteiger partial charge in [0.25, 0.3) is 0 Å². The second-order valence-corrected chi connectivity index (χ2v) is 6.96. The number of benzene rings is 2. The van der Waals surface area contributed by atoms with E-state index in [4.69, 9.17) is 4.42 Å². The summed E-state index contributed by atoms with van der Waals surface area (Å²) in [4.78, 5) is 2.42. The molecule has 1 aromatic heterocycles. The van der Waals surface area contributed by atoms with Crippen LogP contribution in [0.5, 0.6) is 0 Å². The standard InChI is InChI=1S/C19H18BrN3O/c20-17-9-5-4-8-16(17)19-22-21-18(24-19)13-23(15-10-11-15)12-14-6-2-1-3-7-14/h1-9,15H,10-13H2. The van der Waals surface area contributed by atoms with E-state index in [9.17, 15) is 0 Å². The molecule has 0 spiro atoms. The van der Waals surface area contributed by atoms with E-state index in [1.807, 2.05) is 30.3 Å². The Balaban J connectivity index is 1.50. The Morgan fingerprint density at radius 3 is 2.46 bits per heavy atom. The molecule has 1 fully saturated rings. The Bertz CT molecular complexity index is 814. The zero-order valence-corrected chi connectivity index (χ0v) is 14.8. The minimum absolute atomic E-state index is 0.563. The topological polar surface area (TPSA) is 42.2 Å². The predicted molar refractivity (Wildman–Crippen MR) is 96.1 cm³/mol. The first-order valence-electron chi connectivity index (χ1n) is 8.15. The van der Waals surface area contributed by atoms with Crippen LogP contribution < -0.4 is 0 Å². The van der Waals surface area contributed by atoms with E-state index in [0.29, 0.717) is 24.4 Å². The minimum atomic E-state index is 0.563. The molecule has 122 valence electrons. The van der Waals surface area contributed by atoms with Crippen molar-refractivity contribution in [2.24, 2.45) is 0 Å². The van der Waals surface area contributed by atoms with Gasteiger partial charge in [-0.3, -0.25) is 4.90 Å². The number of halogens is 1. The third-order valence-electron chi connectivity index (χ3n) is 4.20. The van der Waals surface area contributed by atoms with E-state index >= 15 is 0 Å². The Kier molecular flexibility index (Phi) is 4.45. The number of hydrogen-bond acceptors (Lipinski definition) is 4. The highest BCUT2D eigenvalue weighted by atomic mass is 79.9. The van der Waals surface area contributed by atoms with E-state index in [-0.39, 0.29) is 0 Å². The molecule has 0 saturated heterocycles. The first-order chi connectivity index (χ1) is 11.8. The molecular weight excluding hydrogens is 366 g/mol. The quantitative estimate of drug-likeness (QED) is 0.620. The van der Waals surface area contributed by atoms with Gasteiger partial charge in [0.1, 0.15) is 0 Å². The van der Waals surface area contributed by atoms with Crippen LogP contribution in [0, 0.1) is 0 Å². The molecule has 0 atom stereocenters. The summed E-state index contributed by atoms with van der Waals surface area (Å²) < 4.78 is 6.86. The molecule has 2 aromatic carbocycles. The highest BCUT2D eigenvalue weighted by Gasteiger charge is 2.30. The van der Waals surface area contributed by atoms with Crippen molar-refractivity contribution in [3.05, 3.63) is 70.5 Å². The molecule has 1 saturated carbocycles. The third-order valence-corrected chi connectivity index (χ3v) is 4.89. The van der Waals surface area contributed by atoms with Crippen LogP contribution >= 0.6 is 15.9 Å². The van der Waals surface area contributed by atoms with Gasteiger partial charge in [-0.15, -0.1) is 10.2 Å². The monoisotopic (exact) mass is 383 g/mol. The lowest BCUT2D eigenvalue weighted by Gasteiger charge is -2.19. The van der Waals surface area contributed by atoms with Crippen LogP contribution in [0.25, 0.3) is 11.5 Å². The maximum absolute atomic E-state index is 5.90. The number of rotatable bonds is 6. The SMILES string of the molecule is Brc1ccccc1-c1nnc(CN(Cc2ccccc2)C2CC2)o1. The second-order valence-electron chi connectivity index (χ2n) is 6.10. The molecular formula is C19H18BrN3O. The van der Waals surface area contributed by atoms with Crippen LogP contribution in [0.3, 0.4) is 0 Å². The van der Waals surface area contributed by atoms with Crippen molar-refractivity contribution in [1.82, 2.24) is 15.1 Å². The average molecular weight is 384 g/mol. The lowest BCUT2D eigenvalue weighted by Crippen LogP contribution is -2.25. The van der Waals surface area contributed by atoms with Crippen LogP contribution in [-0.2, 0) is 13.1 Å². The number of hydrogen-bond donors (Lipinski definition) is 0. The van der Waals surface area contributed by atoms with Gasteiger partial charge in [-0.2, -0.15) is 0 Å². The Labute approximate surface area is 149 Å². The van der Waals surface area contributed by atoms with Crippen molar-refractivity contribution in [2.75, 3.05) is 0 Å². The first-order valence-corrected chi connectivity index (χ1v) is 8.94. The van der Waals surface area contributed by atoms with Crippen LogP contribution in [0.2, 0.25) is 0 Å². The molecule has 4 rings (SSSR count). The average Bonchev–Trinajstić information content (AvgIpc) is 3.36. The van der Waals surface area contributed by atoms with Crippen molar-refractivity contribution in [1.29, 1.82) is 0 Å². The van der Waals surface area contributed by atoms with E-state index in [2.05, 4.69) is 55.3 Å². The summed E-state index contributed by atoms with van der Waals surface area (Å²) in [7, 11) is 0. The van der Waals surface area contributed by atoms with Gasteiger partial charge >= 0.3 is 0 Å². The fourth-order valence-corrected chi connectivity index (χ4v) is 3.26. The molecule has 4 nitrogen and oxygen atoms in total. The highest BCUT2D eigenvalue weighted by molar-refractivity contribution is 9.10. The molecule has 1 aliphatic carbocycles. The van der Waals surface area contributed by atoms with Crippen molar-refractivity contribution in [2.45, 2.75) is 32.0 Å². The zero-order valence-electron chi connectivity index (χ0n) is 13.2. The van der Waals surface area contributed by atoms with Gasteiger partial charge < -0.3 is 4.42 Å². The molecule has 0 bridgehead atoms. The summed E-state index contributed by atoms with van der Waals surface area (Å²) >= 11 is 3.53. The molecule has 1 heterocycles. The van der Waals surface area contributed by atoms with Gasteiger partial charge in [-0.1, -0.05) is 42.5 Å². The molecule has 0 N–H and O–H groups in total. The van der Waals surface area contributed by atoms with Crippen molar-refractivity contribution in [3.63, 3.8) is 0 Å². The highest BCUT2D eigenvalue weighted by Crippen LogP contribution is 2.31. The molecule has 5 heteroatoms. The van der Waals surface area contributed by atoms with Gasteiger partial charge in [0.15, 0.2) is 0 Å². The summed E-state index contributed by atoms with van der Waals surface area (Å²) in [5.41, 5.74) is 2.24. The van der Waals surface area contributed by atoms with Crippen molar-refractivity contribution >= 4 is 15.9 Å². The molecule has 0 aliphatic heterocycles. The normalized spacial score (nSPS) is 14.2. The zero-order chi connectivity index (χ0) is 16.4. The predicted octanol–water partition coefficient (Wildman–Crippen LogP) is 4.66. The van der Waals surface area contributed by atoms with Gasteiger partial charge in [0, 0.05) is 17.1 Å². The van der Waals surface area contributed by atoms with E-state index in [0.717, 1.165) is 16.6 Å². The van der Waals surface area contributed by atoms with Gasteiger partial charge in [-0.25, -0.2) is 0 Å². The van der Waals surface area contributed by atoms with E-state index in [1.165, 1.54) is 18.4 Å².